The number of amides is 1. The van der Waals surface area contributed by atoms with E-state index in [1.165, 1.54) is 49.4 Å². The topological polar surface area (TPSA) is 68.4 Å². The predicted molar refractivity (Wildman–Crippen MR) is 177 cm³/mol. The highest BCUT2D eigenvalue weighted by Gasteiger charge is 2.25. The Labute approximate surface area is 255 Å². The number of nitrogens with zero attached hydrogens (tertiary/aromatic N) is 2. The molecule has 6 nitrogen and oxygen atoms in total. The first kappa shape index (κ1) is 30.4. The van der Waals surface area contributed by atoms with Crippen molar-refractivity contribution >= 4 is 23.4 Å². The zero-order valence-electron chi connectivity index (χ0n) is 25.7. The molecule has 0 spiro atoms. The Morgan fingerprint density at radius 1 is 1.00 bits per heavy atom. The van der Waals surface area contributed by atoms with Crippen LogP contribution < -0.4 is 15.8 Å². The number of carbonyl (C=O) groups excluding carboxylic acids is 1. The number of piperidine rings is 1. The molecule has 3 aromatic rings. The highest BCUT2D eigenvalue weighted by atomic mass is 32.2. The molecule has 1 aromatic heterocycles. The summed E-state index contributed by atoms with van der Waals surface area (Å²) in [6.45, 7) is 12.5. The number of rotatable bonds is 9. The molecule has 3 heterocycles. The first-order chi connectivity index (χ1) is 20.3. The number of aromatic nitrogens is 1. The number of pyridine rings is 1. The van der Waals surface area contributed by atoms with Gasteiger partial charge in [0, 0.05) is 48.2 Å². The van der Waals surface area contributed by atoms with Crippen molar-refractivity contribution in [2.24, 2.45) is 0 Å². The van der Waals surface area contributed by atoms with Crippen LogP contribution >= 0.6 is 11.8 Å². The molecule has 2 N–H and O–H groups in total. The second-order valence-corrected chi connectivity index (χ2v) is 13.2. The maximum Gasteiger partial charge on any atom is 0.253 e. The summed E-state index contributed by atoms with van der Waals surface area (Å²) in [5.74, 6) is 2.21. The van der Waals surface area contributed by atoms with Crippen LogP contribution in [-0.2, 0) is 13.1 Å². The number of hydrogen-bond donors (Lipinski definition) is 2. The molecule has 2 fully saturated rings. The van der Waals surface area contributed by atoms with Gasteiger partial charge in [-0.3, -0.25) is 14.5 Å². The average Bonchev–Trinajstić information content (AvgIpc) is 2.99. The second-order valence-electron chi connectivity index (χ2n) is 12.0. The van der Waals surface area contributed by atoms with Crippen molar-refractivity contribution in [1.82, 2.24) is 15.2 Å². The van der Waals surface area contributed by atoms with E-state index in [-0.39, 0.29) is 18.0 Å². The lowest BCUT2D eigenvalue weighted by Crippen LogP contribution is -2.38. The fourth-order valence-electron chi connectivity index (χ4n) is 6.57. The fourth-order valence-corrected chi connectivity index (χ4v) is 7.65. The average molecular weight is 587 g/mol. The van der Waals surface area contributed by atoms with Crippen molar-refractivity contribution in [3.63, 3.8) is 0 Å². The zero-order valence-corrected chi connectivity index (χ0v) is 26.5. The number of thioether (sulfide) groups is 1. The Morgan fingerprint density at radius 2 is 1.71 bits per heavy atom. The van der Waals surface area contributed by atoms with Crippen molar-refractivity contribution in [1.29, 1.82) is 0 Å². The molecule has 2 aromatic carbocycles. The van der Waals surface area contributed by atoms with E-state index < -0.39 is 0 Å². The van der Waals surface area contributed by atoms with Gasteiger partial charge in [0.1, 0.15) is 0 Å². The van der Waals surface area contributed by atoms with Crippen LogP contribution in [-0.4, -0.2) is 53.0 Å². The van der Waals surface area contributed by atoms with Crippen molar-refractivity contribution in [3.8, 4) is 11.1 Å². The minimum Gasteiger partial charge on any atom is -0.369 e. The maximum atomic E-state index is 13.8. The summed E-state index contributed by atoms with van der Waals surface area (Å²) >= 11 is 2.03. The third kappa shape index (κ3) is 7.12. The highest BCUT2D eigenvalue weighted by Crippen LogP contribution is 2.35. The molecule has 2 saturated heterocycles. The first-order valence-corrected chi connectivity index (χ1v) is 16.8. The van der Waals surface area contributed by atoms with Crippen LogP contribution in [0.5, 0.6) is 0 Å². The van der Waals surface area contributed by atoms with Crippen molar-refractivity contribution < 1.29 is 4.79 Å². The molecule has 42 heavy (non-hydrogen) atoms. The van der Waals surface area contributed by atoms with E-state index >= 15 is 0 Å². The van der Waals surface area contributed by atoms with Gasteiger partial charge >= 0.3 is 0 Å². The molecule has 224 valence electrons. The fraction of sp³-hybridized carbons (Fsp3) is 0.486. The van der Waals surface area contributed by atoms with Crippen LogP contribution in [0.1, 0.15) is 77.3 Å². The lowest BCUT2D eigenvalue weighted by molar-refractivity contribution is 0.0950. The Hall–Kier alpha value is -3.03. The molecule has 2 aliphatic rings. The molecule has 7 heteroatoms. The third-order valence-corrected chi connectivity index (χ3v) is 10.0. The molecule has 0 radical (unpaired) electrons. The number of benzene rings is 2. The molecule has 1 amide bonds. The van der Waals surface area contributed by atoms with Gasteiger partial charge in [-0.2, -0.15) is 11.8 Å². The number of H-pyrrole nitrogens is 1. The van der Waals surface area contributed by atoms with Gasteiger partial charge in [0.2, 0.25) is 0 Å². The van der Waals surface area contributed by atoms with Crippen LogP contribution in [0.4, 0.5) is 5.69 Å². The van der Waals surface area contributed by atoms with E-state index in [9.17, 15) is 9.59 Å². The van der Waals surface area contributed by atoms with Crippen LogP contribution in [0.15, 0.2) is 47.3 Å². The van der Waals surface area contributed by atoms with E-state index in [1.807, 2.05) is 37.7 Å². The number of anilines is 1. The van der Waals surface area contributed by atoms with Gasteiger partial charge < -0.3 is 15.2 Å². The van der Waals surface area contributed by atoms with E-state index in [1.54, 1.807) is 0 Å². The van der Waals surface area contributed by atoms with E-state index in [4.69, 9.17) is 0 Å². The van der Waals surface area contributed by atoms with Crippen molar-refractivity contribution in [3.05, 3.63) is 86.3 Å². The molecular weight excluding hydrogens is 540 g/mol. The lowest BCUT2D eigenvalue weighted by Gasteiger charge is -2.37. The second kappa shape index (κ2) is 14.0. The molecular formula is C35H46N4O2S. The number of likely N-dealkylation sites (tertiary alicyclic amines) is 1. The van der Waals surface area contributed by atoms with Crippen LogP contribution in [0.3, 0.4) is 0 Å². The minimum atomic E-state index is -0.146. The molecule has 2 aliphatic heterocycles. The normalized spacial score (nSPS) is 16.4. The summed E-state index contributed by atoms with van der Waals surface area (Å²) in [4.78, 5) is 34.3. The lowest BCUT2D eigenvalue weighted by atomic mass is 9.95. The van der Waals surface area contributed by atoms with Gasteiger partial charge in [0.15, 0.2) is 0 Å². The van der Waals surface area contributed by atoms with Gasteiger partial charge in [0.05, 0.1) is 0 Å². The van der Waals surface area contributed by atoms with Gasteiger partial charge in [-0.05, 0) is 124 Å². The number of hydrogen-bond acceptors (Lipinski definition) is 5. The summed E-state index contributed by atoms with van der Waals surface area (Å²) in [6, 6.07) is 15.6. The summed E-state index contributed by atoms with van der Waals surface area (Å²) in [5, 5.41) is 3.07. The van der Waals surface area contributed by atoms with Crippen molar-refractivity contribution in [2.75, 3.05) is 36.0 Å². The molecule has 0 atom stereocenters. The predicted octanol–water partition coefficient (Wildman–Crippen LogP) is 6.60. The van der Waals surface area contributed by atoms with E-state index in [2.05, 4.69) is 64.3 Å². The van der Waals surface area contributed by atoms with Gasteiger partial charge in [-0.25, -0.2) is 0 Å². The third-order valence-electron chi connectivity index (χ3n) is 8.97. The zero-order chi connectivity index (χ0) is 29.6. The summed E-state index contributed by atoms with van der Waals surface area (Å²) < 4.78 is 0. The SMILES string of the molecule is CCN(c1cc(-c2ccc(CN3CCCCC3)cc2)cc(C(=O)NCc2c(C)cc(C)[nH]c2=O)c1C)C1CCSCC1. The summed E-state index contributed by atoms with van der Waals surface area (Å²) in [5.41, 5.74) is 8.48. The Bertz CT molecular complexity index is 1440. The monoisotopic (exact) mass is 586 g/mol. The number of aromatic amines is 1. The van der Waals surface area contributed by atoms with E-state index in [0.29, 0.717) is 17.2 Å². The number of aryl methyl sites for hydroxylation is 2. The molecule has 0 aliphatic carbocycles. The highest BCUT2D eigenvalue weighted by molar-refractivity contribution is 7.99. The van der Waals surface area contributed by atoms with Crippen LogP contribution in [0.2, 0.25) is 0 Å². The van der Waals surface area contributed by atoms with Crippen LogP contribution in [0, 0.1) is 20.8 Å². The molecule has 0 bridgehead atoms. The Balaban J connectivity index is 1.46. The van der Waals surface area contributed by atoms with Crippen LogP contribution in [0.25, 0.3) is 11.1 Å². The minimum absolute atomic E-state index is 0.143. The molecule has 0 saturated carbocycles. The molecule has 5 rings (SSSR count). The number of nitrogens with one attached hydrogen (secondary N) is 2. The van der Waals surface area contributed by atoms with Gasteiger partial charge in [-0.1, -0.05) is 30.7 Å². The standard InChI is InChI=1S/C35H46N4O2S/c1-5-39(30-13-17-42-18-14-30)33-21-29(28-11-9-27(10-12-28)23-38-15-7-6-8-16-38)20-31(26(33)4)34(40)36-22-32-24(2)19-25(3)37-35(32)41/h9-12,19-21,30H,5-8,13-18,22-23H2,1-4H3,(H,36,40)(H,37,41). The van der Waals surface area contributed by atoms with Gasteiger partial charge in [-0.15, -0.1) is 0 Å². The van der Waals surface area contributed by atoms with Crippen molar-refractivity contribution in [2.45, 2.75) is 78.9 Å². The maximum absolute atomic E-state index is 13.8. The van der Waals surface area contributed by atoms with E-state index in [0.717, 1.165) is 59.6 Å². The summed E-state index contributed by atoms with van der Waals surface area (Å²) in [7, 11) is 0. The smallest absolute Gasteiger partial charge is 0.253 e. The Morgan fingerprint density at radius 3 is 2.38 bits per heavy atom. The molecule has 0 unspecified atom stereocenters. The Kier molecular flexibility index (Phi) is 10.1. The largest absolute Gasteiger partial charge is 0.369 e. The first-order valence-electron chi connectivity index (χ1n) is 15.6. The quantitative estimate of drug-likeness (QED) is 0.296. The summed E-state index contributed by atoms with van der Waals surface area (Å²) in [6.07, 6.45) is 6.24. The number of carbonyl (C=O) groups is 1. The van der Waals surface area contributed by atoms with Gasteiger partial charge in [0.25, 0.3) is 11.5 Å².